The molecule has 2 aromatic carbocycles. The standard InChI is InChI=1S/C39H55N5O8/c1-8-25(4)32(35(47)40-29(37(49)50)23-27-18-13-10-14-19-27)43-34(46)30-20-15-21-44(30)36(48)31(24(2)3)42-33(45)28(22-26-16-11-9-12-17-26)41-38(51)52-39(5,6)7/h9-14,16-19,24-25,28-32H,8,15,20-23H2,1-7H3,(H,40,47)(H,41,51)(H,42,45)(H,43,46)(H,49,50)/t25-,28-,29-,30-,31-,32-/m0/s1. The number of hydrogen-bond acceptors (Lipinski definition) is 7. The van der Waals surface area contributed by atoms with Gasteiger partial charge in [-0.25, -0.2) is 9.59 Å². The molecule has 1 fully saturated rings. The Morgan fingerprint density at radius 2 is 1.35 bits per heavy atom. The maximum atomic E-state index is 14.1. The van der Waals surface area contributed by atoms with Gasteiger partial charge in [0.15, 0.2) is 0 Å². The summed E-state index contributed by atoms with van der Waals surface area (Å²) in [6.45, 7) is 12.6. The molecule has 0 aromatic heterocycles. The summed E-state index contributed by atoms with van der Waals surface area (Å²) in [6.07, 6.45) is 0.820. The Hall–Kier alpha value is -4.94. The van der Waals surface area contributed by atoms with E-state index in [1.54, 1.807) is 65.8 Å². The van der Waals surface area contributed by atoms with Gasteiger partial charge in [0.05, 0.1) is 0 Å². The van der Waals surface area contributed by atoms with Crippen LogP contribution in [-0.4, -0.2) is 88.1 Å². The lowest BCUT2D eigenvalue weighted by Gasteiger charge is -2.33. The number of carbonyl (C=O) groups is 6. The van der Waals surface area contributed by atoms with E-state index in [-0.39, 0.29) is 31.2 Å². The molecule has 0 unspecified atom stereocenters. The summed E-state index contributed by atoms with van der Waals surface area (Å²) in [4.78, 5) is 81.5. The lowest BCUT2D eigenvalue weighted by atomic mass is 9.96. The number of likely N-dealkylation sites (tertiary alicyclic amines) is 1. The average Bonchev–Trinajstić information content (AvgIpc) is 3.58. The van der Waals surface area contributed by atoms with Gasteiger partial charge in [-0.1, -0.05) is 94.8 Å². The molecule has 2 aromatic rings. The fourth-order valence-corrected chi connectivity index (χ4v) is 6.02. The molecule has 5 amide bonds. The maximum absolute atomic E-state index is 14.1. The number of hydrogen-bond donors (Lipinski definition) is 5. The second-order valence-corrected chi connectivity index (χ2v) is 14.8. The third-order valence-electron chi connectivity index (χ3n) is 9.05. The Morgan fingerprint density at radius 1 is 0.788 bits per heavy atom. The van der Waals surface area contributed by atoms with E-state index in [1.165, 1.54) is 4.90 Å². The van der Waals surface area contributed by atoms with E-state index >= 15 is 0 Å². The number of nitrogens with one attached hydrogen (secondary N) is 4. The summed E-state index contributed by atoms with van der Waals surface area (Å²) in [6, 6.07) is 12.8. The zero-order valence-electron chi connectivity index (χ0n) is 31.3. The highest BCUT2D eigenvalue weighted by Crippen LogP contribution is 2.22. The molecule has 13 heteroatoms. The van der Waals surface area contributed by atoms with Gasteiger partial charge in [-0.05, 0) is 56.6 Å². The summed E-state index contributed by atoms with van der Waals surface area (Å²) < 4.78 is 5.40. The van der Waals surface area contributed by atoms with Crippen LogP contribution in [0.1, 0.15) is 78.9 Å². The van der Waals surface area contributed by atoms with Crippen molar-refractivity contribution in [3.8, 4) is 0 Å². The number of carboxylic acid groups (broad SMARTS) is 1. The molecule has 1 heterocycles. The molecule has 0 spiro atoms. The second-order valence-electron chi connectivity index (χ2n) is 14.8. The van der Waals surface area contributed by atoms with Crippen LogP contribution in [0.15, 0.2) is 60.7 Å². The molecule has 0 aliphatic carbocycles. The second kappa shape index (κ2) is 19.1. The van der Waals surface area contributed by atoms with Crippen LogP contribution in [0.3, 0.4) is 0 Å². The van der Waals surface area contributed by atoms with E-state index in [4.69, 9.17) is 4.74 Å². The van der Waals surface area contributed by atoms with Gasteiger partial charge in [-0.3, -0.25) is 19.2 Å². The van der Waals surface area contributed by atoms with Crippen molar-refractivity contribution in [1.82, 2.24) is 26.2 Å². The zero-order valence-corrected chi connectivity index (χ0v) is 31.3. The number of ether oxygens (including phenoxy) is 1. The third-order valence-corrected chi connectivity index (χ3v) is 9.05. The van der Waals surface area contributed by atoms with E-state index in [2.05, 4.69) is 21.3 Å². The Labute approximate surface area is 306 Å². The monoisotopic (exact) mass is 721 g/mol. The Kier molecular flexibility index (Phi) is 15.2. The smallest absolute Gasteiger partial charge is 0.408 e. The summed E-state index contributed by atoms with van der Waals surface area (Å²) >= 11 is 0. The number of aliphatic carboxylic acids is 1. The molecule has 284 valence electrons. The number of amides is 5. The van der Waals surface area contributed by atoms with E-state index in [1.807, 2.05) is 43.3 Å². The third kappa shape index (κ3) is 12.4. The van der Waals surface area contributed by atoms with E-state index < -0.39 is 71.5 Å². The molecule has 6 atom stereocenters. The normalized spacial score (nSPS) is 17.2. The Morgan fingerprint density at radius 3 is 1.85 bits per heavy atom. The minimum Gasteiger partial charge on any atom is -0.480 e. The predicted octanol–water partition coefficient (Wildman–Crippen LogP) is 3.60. The maximum Gasteiger partial charge on any atom is 0.408 e. The Bertz CT molecular complexity index is 1530. The first-order chi connectivity index (χ1) is 24.5. The minimum atomic E-state index is -1.21. The number of carboxylic acids is 1. The highest BCUT2D eigenvalue weighted by molar-refractivity contribution is 5.96. The molecular weight excluding hydrogens is 666 g/mol. The van der Waals surface area contributed by atoms with Gasteiger partial charge >= 0.3 is 12.1 Å². The lowest BCUT2D eigenvalue weighted by molar-refractivity contribution is -0.144. The Balaban J connectivity index is 1.76. The molecule has 5 N–H and O–H groups in total. The fraction of sp³-hybridized carbons (Fsp3) is 0.538. The fourth-order valence-electron chi connectivity index (χ4n) is 6.02. The van der Waals surface area contributed by atoms with Crippen LogP contribution in [0, 0.1) is 11.8 Å². The topological polar surface area (TPSA) is 183 Å². The summed E-state index contributed by atoms with van der Waals surface area (Å²) in [5.74, 6) is -4.14. The van der Waals surface area contributed by atoms with E-state index in [9.17, 15) is 33.9 Å². The van der Waals surface area contributed by atoms with Crippen LogP contribution in [0.2, 0.25) is 0 Å². The van der Waals surface area contributed by atoms with Gasteiger partial charge in [-0.15, -0.1) is 0 Å². The SMILES string of the molecule is CC[C@H](C)[C@H](NC(=O)[C@@H]1CCCN1C(=O)[C@@H](NC(=O)[C@H](Cc1ccccc1)NC(=O)OC(C)(C)C)C(C)C)C(=O)N[C@@H](Cc1ccccc1)C(=O)O. The molecule has 0 saturated carbocycles. The first-order valence-electron chi connectivity index (χ1n) is 18.0. The van der Waals surface area contributed by atoms with E-state index in [0.717, 1.165) is 11.1 Å². The van der Waals surface area contributed by atoms with Gasteiger partial charge < -0.3 is 36.0 Å². The van der Waals surface area contributed by atoms with Crippen molar-refractivity contribution in [3.05, 3.63) is 71.8 Å². The number of rotatable bonds is 16. The van der Waals surface area contributed by atoms with Crippen molar-refractivity contribution >= 4 is 35.7 Å². The van der Waals surface area contributed by atoms with Crippen molar-refractivity contribution in [2.24, 2.45) is 11.8 Å². The van der Waals surface area contributed by atoms with Gasteiger partial charge in [-0.2, -0.15) is 0 Å². The largest absolute Gasteiger partial charge is 0.480 e. The summed E-state index contributed by atoms with van der Waals surface area (Å²) in [5, 5.41) is 20.7. The first-order valence-corrected chi connectivity index (χ1v) is 18.0. The van der Waals surface area contributed by atoms with Crippen molar-refractivity contribution < 1.29 is 38.6 Å². The average molecular weight is 722 g/mol. The van der Waals surface area contributed by atoms with Gasteiger partial charge in [0.1, 0.15) is 35.8 Å². The summed E-state index contributed by atoms with van der Waals surface area (Å²) in [7, 11) is 0. The van der Waals surface area contributed by atoms with Gasteiger partial charge in [0.25, 0.3) is 0 Å². The molecule has 1 saturated heterocycles. The number of carbonyl (C=O) groups excluding carboxylic acids is 5. The van der Waals surface area contributed by atoms with Crippen LogP contribution in [0.5, 0.6) is 0 Å². The number of alkyl carbamates (subject to hydrolysis) is 1. The highest BCUT2D eigenvalue weighted by atomic mass is 16.6. The van der Waals surface area contributed by atoms with Gasteiger partial charge in [0, 0.05) is 19.4 Å². The van der Waals surface area contributed by atoms with E-state index in [0.29, 0.717) is 19.3 Å². The van der Waals surface area contributed by atoms with Crippen LogP contribution < -0.4 is 21.3 Å². The quantitative estimate of drug-likeness (QED) is 0.174. The molecule has 1 aliphatic rings. The molecule has 1 aliphatic heterocycles. The van der Waals surface area contributed by atoms with Gasteiger partial charge in [0.2, 0.25) is 23.6 Å². The van der Waals surface area contributed by atoms with Crippen LogP contribution in [0.4, 0.5) is 4.79 Å². The van der Waals surface area contributed by atoms with Crippen LogP contribution >= 0.6 is 0 Å². The molecule has 0 bridgehead atoms. The molecule has 3 rings (SSSR count). The van der Waals surface area contributed by atoms with Crippen molar-refractivity contribution in [2.75, 3.05) is 6.54 Å². The lowest BCUT2D eigenvalue weighted by Crippen LogP contribution is -2.60. The van der Waals surface area contributed by atoms with Crippen LogP contribution in [-0.2, 0) is 41.6 Å². The molecular formula is C39H55N5O8. The number of benzene rings is 2. The number of nitrogens with zero attached hydrogens (tertiary/aromatic N) is 1. The molecule has 52 heavy (non-hydrogen) atoms. The van der Waals surface area contributed by atoms with Crippen molar-refractivity contribution in [2.45, 2.75) is 116 Å². The van der Waals surface area contributed by atoms with Crippen LogP contribution in [0.25, 0.3) is 0 Å². The van der Waals surface area contributed by atoms with Crippen molar-refractivity contribution in [1.29, 1.82) is 0 Å². The van der Waals surface area contributed by atoms with Crippen molar-refractivity contribution in [3.63, 3.8) is 0 Å². The predicted molar refractivity (Wildman–Crippen MR) is 196 cm³/mol. The molecule has 0 radical (unpaired) electrons. The summed E-state index contributed by atoms with van der Waals surface area (Å²) in [5.41, 5.74) is 0.726. The minimum absolute atomic E-state index is 0.0653. The molecule has 13 nitrogen and oxygen atoms in total. The first kappa shape index (κ1) is 41.5. The highest BCUT2D eigenvalue weighted by Gasteiger charge is 2.41. The zero-order chi connectivity index (χ0) is 38.6.